The largest absolute Gasteiger partial charge is 0.573 e. The monoisotopic (exact) mass is 307 g/mol. The van der Waals surface area contributed by atoms with Crippen LogP contribution in [0.3, 0.4) is 0 Å². The van der Waals surface area contributed by atoms with Crippen molar-refractivity contribution >= 4 is 17.9 Å². The minimum atomic E-state index is -5.16. The first-order chi connectivity index (χ1) is 8.58. The third kappa shape index (κ3) is 3.98. The fourth-order valence-electron chi connectivity index (χ4n) is 1.19. The Morgan fingerprint density at radius 1 is 1.26 bits per heavy atom. The van der Waals surface area contributed by atoms with Crippen LogP contribution in [0.25, 0.3) is 0 Å². The molecule has 0 spiro atoms. The Kier molecular flexibility index (Phi) is 4.28. The number of nitrogens with zero attached hydrogens (tertiary/aromatic N) is 1. The van der Waals surface area contributed by atoms with Gasteiger partial charge in [0.2, 0.25) is 0 Å². The number of hydrogen-bond acceptors (Lipinski definition) is 3. The molecule has 1 aromatic heterocycles. The fourth-order valence-corrected chi connectivity index (χ4v) is 1.39. The molecule has 3 nitrogen and oxygen atoms in total. The summed E-state index contributed by atoms with van der Waals surface area (Å²) < 4.78 is 77.0. The van der Waals surface area contributed by atoms with Crippen LogP contribution >= 0.6 is 11.6 Å². The van der Waals surface area contributed by atoms with E-state index in [4.69, 9.17) is 11.6 Å². The second-order valence-electron chi connectivity index (χ2n) is 3.18. The van der Waals surface area contributed by atoms with Crippen LogP contribution < -0.4 is 4.74 Å². The average molecular weight is 308 g/mol. The number of aldehydes is 1. The van der Waals surface area contributed by atoms with Gasteiger partial charge in [-0.15, -0.1) is 24.8 Å². The molecule has 0 aliphatic carbocycles. The van der Waals surface area contributed by atoms with Gasteiger partial charge in [0.1, 0.15) is 11.4 Å². The van der Waals surface area contributed by atoms with Gasteiger partial charge in [-0.05, 0) is 6.07 Å². The molecule has 0 N–H and O–H groups in total. The second kappa shape index (κ2) is 5.24. The van der Waals surface area contributed by atoms with Crippen molar-refractivity contribution in [1.29, 1.82) is 0 Å². The molecule has 0 aliphatic rings. The van der Waals surface area contributed by atoms with Gasteiger partial charge in [0.25, 0.3) is 0 Å². The summed E-state index contributed by atoms with van der Waals surface area (Å²) in [7, 11) is 0. The number of pyridine rings is 1. The van der Waals surface area contributed by atoms with E-state index in [0.717, 1.165) is 0 Å². The van der Waals surface area contributed by atoms with Crippen molar-refractivity contribution in [3.8, 4) is 5.75 Å². The van der Waals surface area contributed by atoms with E-state index >= 15 is 0 Å². The molecule has 1 rings (SSSR count). The molecule has 0 atom stereocenters. The zero-order valence-corrected chi connectivity index (χ0v) is 9.53. The van der Waals surface area contributed by atoms with E-state index in [1.165, 1.54) is 0 Å². The molecule has 0 unspecified atom stereocenters. The third-order valence-electron chi connectivity index (χ3n) is 1.84. The van der Waals surface area contributed by atoms with E-state index in [9.17, 15) is 31.1 Å². The van der Waals surface area contributed by atoms with E-state index < -0.39 is 41.1 Å². The Labute approximate surface area is 107 Å². The molecule has 0 amide bonds. The Hall–Kier alpha value is -1.51. The molecule has 0 fully saturated rings. The Morgan fingerprint density at radius 3 is 2.21 bits per heavy atom. The van der Waals surface area contributed by atoms with Crippen LogP contribution in [0.2, 0.25) is 0 Å². The van der Waals surface area contributed by atoms with Crippen molar-refractivity contribution in [3.05, 3.63) is 23.0 Å². The molecule has 0 aromatic carbocycles. The Bertz CT molecular complexity index is 485. The topological polar surface area (TPSA) is 39.2 Å². The van der Waals surface area contributed by atoms with E-state index in [2.05, 4.69) is 9.72 Å². The first-order valence-corrected chi connectivity index (χ1v) is 5.00. The summed E-state index contributed by atoms with van der Waals surface area (Å²) in [4.78, 5) is 13.3. The number of ether oxygens (including phenoxy) is 1. The van der Waals surface area contributed by atoms with Gasteiger partial charge >= 0.3 is 12.5 Å². The number of carbonyl (C=O) groups excluding carboxylic acids is 1. The van der Waals surface area contributed by atoms with Gasteiger partial charge < -0.3 is 4.74 Å². The maximum atomic E-state index is 12.5. The molecule has 0 saturated carbocycles. The summed E-state index contributed by atoms with van der Waals surface area (Å²) in [6, 6.07) is 0.389. The van der Waals surface area contributed by atoms with E-state index in [1.807, 2.05) is 0 Å². The third-order valence-corrected chi connectivity index (χ3v) is 2.13. The van der Waals surface area contributed by atoms with Crippen LogP contribution in [0.5, 0.6) is 5.75 Å². The summed E-state index contributed by atoms with van der Waals surface area (Å²) in [6.07, 6.45) is -10.4. The van der Waals surface area contributed by atoms with Crippen molar-refractivity contribution < 1.29 is 35.9 Å². The lowest BCUT2D eigenvalue weighted by Crippen LogP contribution is -2.20. The smallest absolute Gasteiger partial charge is 0.403 e. The van der Waals surface area contributed by atoms with E-state index in [1.54, 1.807) is 0 Å². The zero-order chi connectivity index (χ0) is 14.8. The quantitative estimate of drug-likeness (QED) is 0.487. The van der Waals surface area contributed by atoms with Gasteiger partial charge in [0.05, 0.1) is 0 Å². The van der Waals surface area contributed by atoms with Crippen LogP contribution in [0.15, 0.2) is 6.07 Å². The molecule has 1 aromatic rings. The van der Waals surface area contributed by atoms with Crippen molar-refractivity contribution in [2.24, 2.45) is 0 Å². The molecule has 106 valence electrons. The number of aromatic nitrogens is 1. The van der Waals surface area contributed by atoms with Crippen molar-refractivity contribution in [2.45, 2.75) is 18.4 Å². The molecule has 0 saturated heterocycles. The summed E-state index contributed by atoms with van der Waals surface area (Å²) in [5, 5.41) is 0. The average Bonchev–Trinajstić information content (AvgIpc) is 2.24. The molecular formula is C9H4ClF6NO2. The Balaban J connectivity index is 3.40. The summed E-state index contributed by atoms with van der Waals surface area (Å²) in [6.45, 7) is 0. The van der Waals surface area contributed by atoms with Gasteiger partial charge in [0, 0.05) is 11.4 Å². The van der Waals surface area contributed by atoms with E-state index in [-0.39, 0.29) is 6.29 Å². The predicted octanol–water partition coefficient (Wildman–Crippen LogP) is 3.55. The van der Waals surface area contributed by atoms with Gasteiger partial charge in [-0.25, -0.2) is 4.98 Å². The molecule has 0 bridgehead atoms. The fraction of sp³-hybridized carbons (Fsp3) is 0.333. The number of rotatable bonds is 3. The minimum Gasteiger partial charge on any atom is -0.403 e. The standard InChI is InChI=1S/C9H4ClF6NO2/c10-2-4-1-6(19-9(14,15)16)5(3-18)17-7(4)8(11,12)13/h1,3H,2H2. The number of alkyl halides is 7. The highest BCUT2D eigenvalue weighted by Gasteiger charge is 2.38. The van der Waals surface area contributed by atoms with Crippen molar-refractivity contribution in [3.63, 3.8) is 0 Å². The van der Waals surface area contributed by atoms with Gasteiger partial charge in [0.15, 0.2) is 12.0 Å². The lowest BCUT2D eigenvalue weighted by atomic mass is 10.1. The normalized spacial score (nSPS) is 12.4. The SMILES string of the molecule is O=Cc1nc(C(F)(F)F)c(CCl)cc1OC(F)(F)F. The summed E-state index contributed by atoms with van der Waals surface area (Å²) >= 11 is 5.21. The molecule has 19 heavy (non-hydrogen) atoms. The molecule has 0 radical (unpaired) electrons. The van der Waals surface area contributed by atoms with Crippen LogP contribution in [0.1, 0.15) is 21.7 Å². The molecule has 10 heteroatoms. The Morgan fingerprint density at radius 2 is 1.84 bits per heavy atom. The highest BCUT2D eigenvalue weighted by atomic mass is 35.5. The van der Waals surface area contributed by atoms with Crippen LogP contribution in [-0.4, -0.2) is 17.6 Å². The van der Waals surface area contributed by atoms with Gasteiger partial charge in [-0.3, -0.25) is 4.79 Å². The molecule has 1 heterocycles. The van der Waals surface area contributed by atoms with Gasteiger partial charge in [-0.1, -0.05) is 0 Å². The van der Waals surface area contributed by atoms with Gasteiger partial charge in [-0.2, -0.15) is 13.2 Å². The lowest BCUT2D eigenvalue weighted by molar-refractivity contribution is -0.274. The van der Waals surface area contributed by atoms with E-state index in [0.29, 0.717) is 6.07 Å². The van der Waals surface area contributed by atoms with Crippen molar-refractivity contribution in [2.75, 3.05) is 0 Å². The molecular weight excluding hydrogens is 304 g/mol. The maximum absolute atomic E-state index is 12.5. The van der Waals surface area contributed by atoms with Crippen molar-refractivity contribution in [1.82, 2.24) is 4.98 Å². The summed E-state index contributed by atoms with van der Waals surface area (Å²) in [5.41, 5.74) is -3.36. The second-order valence-corrected chi connectivity index (χ2v) is 3.44. The first kappa shape index (κ1) is 15.5. The van der Waals surface area contributed by atoms with Crippen LogP contribution in [0.4, 0.5) is 26.3 Å². The molecule has 0 aliphatic heterocycles. The maximum Gasteiger partial charge on any atom is 0.573 e. The summed E-state index contributed by atoms with van der Waals surface area (Å²) in [5.74, 6) is -1.87. The minimum absolute atomic E-state index is 0.270. The lowest BCUT2D eigenvalue weighted by Gasteiger charge is -2.15. The van der Waals surface area contributed by atoms with Crippen LogP contribution in [-0.2, 0) is 12.1 Å². The number of halogens is 7. The number of hydrogen-bond donors (Lipinski definition) is 0. The number of carbonyl (C=O) groups is 1. The van der Waals surface area contributed by atoms with Crippen LogP contribution in [0, 0.1) is 0 Å². The highest BCUT2D eigenvalue weighted by molar-refractivity contribution is 6.17. The predicted molar refractivity (Wildman–Crippen MR) is 50.9 cm³/mol. The first-order valence-electron chi connectivity index (χ1n) is 4.46. The highest BCUT2D eigenvalue weighted by Crippen LogP contribution is 2.35. The zero-order valence-electron chi connectivity index (χ0n) is 8.77.